The number of nitrogens with zero attached hydrogens (tertiary/aromatic N) is 1. The number of hydrogen-bond acceptors (Lipinski definition) is 5. The lowest BCUT2D eigenvalue weighted by Crippen LogP contribution is -2.08. The zero-order valence-corrected chi connectivity index (χ0v) is 12.9. The third kappa shape index (κ3) is 3.62. The SMILES string of the molecule is Cc1ccc(CC(=O)OCc2cc(-c3cccs3)on2)cc1. The molecule has 0 aliphatic heterocycles. The molecule has 112 valence electrons. The van der Waals surface area contributed by atoms with Gasteiger partial charge in [0.05, 0.1) is 11.3 Å². The molecule has 22 heavy (non-hydrogen) atoms. The van der Waals surface area contributed by atoms with Gasteiger partial charge in [-0.3, -0.25) is 4.79 Å². The lowest BCUT2D eigenvalue weighted by atomic mass is 10.1. The van der Waals surface area contributed by atoms with Crippen molar-refractivity contribution in [1.29, 1.82) is 0 Å². The zero-order valence-electron chi connectivity index (χ0n) is 12.1. The predicted octanol–water partition coefficient (Wildman–Crippen LogP) is 4.00. The molecule has 3 aromatic rings. The normalized spacial score (nSPS) is 10.6. The zero-order chi connectivity index (χ0) is 15.4. The molecule has 0 unspecified atom stereocenters. The molecular weight excluding hydrogens is 298 g/mol. The van der Waals surface area contributed by atoms with E-state index in [9.17, 15) is 4.79 Å². The van der Waals surface area contributed by atoms with Crippen LogP contribution in [0.4, 0.5) is 0 Å². The Kier molecular flexibility index (Phi) is 4.34. The van der Waals surface area contributed by atoms with Crippen molar-refractivity contribution in [3.05, 3.63) is 64.7 Å². The van der Waals surface area contributed by atoms with Crippen molar-refractivity contribution in [2.24, 2.45) is 0 Å². The lowest BCUT2D eigenvalue weighted by Gasteiger charge is -2.03. The number of carbonyl (C=O) groups excluding carboxylic acids is 1. The summed E-state index contributed by atoms with van der Waals surface area (Å²) in [7, 11) is 0. The Morgan fingerprint density at radius 2 is 2.09 bits per heavy atom. The van der Waals surface area contributed by atoms with Crippen LogP contribution in [0.1, 0.15) is 16.8 Å². The van der Waals surface area contributed by atoms with Crippen molar-refractivity contribution in [3.8, 4) is 10.6 Å². The van der Waals surface area contributed by atoms with Crippen molar-refractivity contribution < 1.29 is 14.1 Å². The van der Waals surface area contributed by atoms with Crippen LogP contribution in [0.2, 0.25) is 0 Å². The van der Waals surface area contributed by atoms with Gasteiger partial charge in [0.25, 0.3) is 0 Å². The third-order valence-corrected chi connectivity index (χ3v) is 4.06. The first-order valence-electron chi connectivity index (χ1n) is 6.91. The Balaban J connectivity index is 1.54. The van der Waals surface area contributed by atoms with E-state index in [0.29, 0.717) is 11.5 Å². The van der Waals surface area contributed by atoms with Crippen LogP contribution in [-0.2, 0) is 22.6 Å². The van der Waals surface area contributed by atoms with Gasteiger partial charge in [0.1, 0.15) is 12.3 Å². The fraction of sp³-hybridized carbons (Fsp3) is 0.176. The Hall–Kier alpha value is -2.40. The number of aryl methyl sites for hydroxylation is 1. The first-order chi connectivity index (χ1) is 10.7. The number of hydrogen-bond donors (Lipinski definition) is 0. The van der Waals surface area contributed by atoms with E-state index >= 15 is 0 Å². The van der Waals surface area contributed by atoms with Crippen LogP contribution in [0.25, 0.3) is 10.6 Å². The van der Waals surface area contributed by atoms with Crippen LogP contribution in [0.3, 0.4) is 0 Å². The molecule has 2 heterocycles. The van der Waals surface area contributed by atoms with E-state index in [1.54, 1.807) is 17.4 Å². The highest BCUT2D eigenvalue weighted by atomic mass is 32.1. The molecule has 0 N–H and O–H groups in total. The maximum Gasteiger partial charge on any atom is 0.310 e. The van der Waals surface area contributed by atoms with Gasteiger partial charge in [0.2, 0.25) is 0 Å². The molecule has 5 heteroatoms. The molecular formula is C17H15NO3S. The van der Waals surface area contributed by atoms with Gasteiger partial charge in [-0.1, -0.05) is 41.1 Å². The Morgan fingerprint density at radius 3 is 2.82 bits per heavy atom. The molecule has 0 atom stereocenters. The summed E-state index contributed by atoms with van der Waals surface area (Å²) < 4.78 is 10.5. The van der Waals surface area contributed by atoms with E-state index in [1.165, 1.54) is 5.56 Å². The van der Waals surface area contributed by atoms with Crippen molar-refractivity contribution in [2.75, 3.05) is 0 Å². The first-order valence-corrected chi connectivity index (χ1v) is 7.79. The molecule has 2 aromatic heterocycles. The summed E-state index contributed by atoms with van der Waals surface area (Å²) in [4.78, 5) is 12.8. The van der Waals surface area contributed by atoms with Crippen LogP contribution in [0.5, 0.6) is 0 Å². The minimum absolute atomic E-state index is 0.125. The summed E-state index contributed by atoms with van der Waals surface area (Å²) in [6.45, 7) is 2.14. The second-order valence-corrected chi connectivity index (χ2v) is 5.93. The van der Waals surface area contributed by atoms with Gasteiger partial charge in [-0.15, -0.1) is 11.3 Å². The highest BCUT2D eigenvalue weighted by Crippen LogP contribution is 2.25. The molecule has 0 spiro atoms. The van der Waals surface area contributed by atoms with Gasteiger partial charge < -0.3 is 9.26 Å². The minimum Gasteiger partial charge on any atom is -0.459 e. The first kappa shape index (κ1) is 14.5. The van der Waals surface area contributed by atoms with Gasteiger partial charge in [-0.05, 0) is 23.9 Å². The summed E-state index contributed by atoms with van der Waals surface area (Å²) in [5.74, 6) is 0.420. The van der Waals surface area contributed by atoms with E-state index in [2.05, 4.69) is 5.16 Å². The molecule has 0 saturated heterocycles. The molecule has 0 fully saturated rings. The van der Waals surface area contributed by atoms with Gasteiger partial charge in [-0.25, -0.2) is 0 Å². The molecule has 0 radical (unpaired) electrons. The maximum absolute atomic E-state index is 11.8. The van der Waals surface area contributed by atoms with E-state index in [1.807, 2.05) is 48.7 Å². The van der Waals surface area contributed by atoms with Gasteiger partial charge in [0.15, 0.2) is 5.76 Å². The van der Waals surface area contributed by atoms with Gasteiger partial charge in [0, 0.05) is 6.07 Å². The lowest BCUT2D eigenvalue weighted by molar-refractivity contribution is -0.144. The molecule has 0 aliphatic rings. The maximum atomic E-state index is 11.8. The number of aromatic nitrogens is 1. The number of carbonyl (C=O) groups is 1. The highest BCUT2D eigenvalue weighted by molar-refractivity contribution is 7.13. The smallest absolute Gasteiger partial charge is 0.310 e. The van der Waals surface area contributed by atoms with E-state index in [-0.39, 0.29) is 19.0 Å². The van der Waals surface area contributed by atoms with Crippen LogP contribution in [0, 0.1) is 6.92 Å². The van der Waals surface area contributed by atoms with Gasteiger partial charge in [-0.2, -0.15) is 0 Å². The predicted molar refractivity (Wildman–Crippen MR) is 84.5 cm³/mol. The molecule has 4 nitrogen and oxygen atoms in total. The molecule has 0 amide bonds. The Bertz CT molecular complexity index is 745. The quantitative estimate of drug-likeness (QED) is 0.668. The second kappa shape index (κ2) is 6.58. The van der Waals surface area contributed by atoms with Crippen molar-refractivity contribution in [3.63, 3.8) is 0 Å². The average molecular weight is 313 g/mol. The van der Waals surface area contributed by atoms with Crippen LogP contribution < -0.4 is 0 Å². The molecule has 0 aliphatic carbocycles. The summed E-state index contributed by atoms with van der Waals surface area (Å²) in [5, 5.41) is 5.89. The van der Waals surface area contributed by atoms with E-state index in [4.69, 9.17) is 9.26 Å². The molecule has 0 saturated carbocycles. The number of thiophene rings is 1. The standard InChI is InChI=1S/C17H15NO3S/c1-12-4-6-13(7-5-12)9-17(19)20-11-14-10-15(21-18-14)16-3-2-8-22-16/h2-8,10H,9,11H2,1H3. The number of esters is 1. The monoisotopic (exact) mass is 313 g/mol. The topological polar surface area (TPSA) is 52.3 Å². The Labute approximate surface area is 132 Å². The van der Waals surface area contributed by atoms with Crippen LogP contribution in [0.15, 0.2) is 52.4 Å². The second-order valence-electron chi connectivity index (χ2n) is 4.98. The average Bonchev–Trinajstić information content (AvgIpc) is 3.18. The van der Waals surface area contributed by atoms with Crippen molar-refractivity contribution in [1.82, 2.24) is 5.16 Å². The fourth-order valence-electron chi connectivity index (χ4n) is 1.99. The van der Waals surface area contributed by atoms with Gasteiger partial charge >= 0.3 is 5.97 Å². The van der Waals surface area contributed by atoms with Crippen LogP contribution >= 0.6 is 11.3 Å². The third-order valence-electron chi connectivity index (χ3n) is 3.17. The number of benzene rings is 1. The Morgan fingerprint density at radius 1 is 1.27 bits per heavy atom. The van der Waals surface area contributed by atoms with E-state index < -0.39 is 0 Å². The summed E-state index contributed by atoms with van der Waals surface area (Å²) in [6, 6.07) is 13.5. The molecule has 0 bridgehead atoms. The fourth-order valence-corrected chi connectivity index (χ4v) is 2.67. The van der Waals surface area contributed by atoms with E-state index in [0.717, 1.165) is 10.4 Å². The summed E-state index contributed by atoms with van der Waals surface area (Å²) in [6.07, 6.45) is 0.260. The van der Waals surface area contributed by atoms with Crippen LogP contribution in [-0.4, -0.2) is 11.1 Å². The van der Waals surface area contributed by atoms with Crippen molar-refractivity contribution in [2.45, 2.75) is 20.0 Å². The molecule has 3 rings (SSSR count). The minimum atomic E-state index is -0.274. The summed E-state index contributed by atoms with van der Waals surface area (Å²) in [5.41, 5.74) is 2.72. The number of rotatable bonds is 5. The van der Waals surface area contributed by atoms with Crippen molar-refractivity contribution >= 4 is 17.3 Å². The largest absolute Gasteiger partial charge is 0.459 e. The summed E-state index contributed by atoms with van der Waals surface area (Å²) >= 11 is 1.58. The highest BCUT2D eigenvalue weighted by Gasteiger charge is 2.10. The molecule has 1 aromatic carbocycles. The number of ether oxygens (including phenoxy) is 1.